The minimum absolute atomic E-state index is 0.231. The number of carbonyl (C=O) groups is 2. The Hall–Kier alpha value is -3.73. The number of aliphatic carboxylic acids is 1. The third-order valence-corrected chi connectivity index (χ3v) is 5.94. The van der Waals surface area contributed by atoms with E-state index in [9.17, 15) is 24.3 Å². The van der Waals surface area contributed by atoms with Gasteiger partial charge in [-0.05, 0) is 23.6 Å². The van der Waals surface area contributed by atoms with Gasteiger partial charge in [-0.2, -0.15) is 5.26 Å². The van der Waals surface area contributed by atoms with Gasteiger partial charge in [0, 0.05) is 18.1 Å². The van der Waals surface area contributed by atoms with Gasteiger partial charge in [-0.3, -0.25) is 4.79 Å². The van der Waals surface area contributed by atoms with E-state index in [2.05, 4.69) is 15.8 Å². The van der Waals surface area contributed by atoms with Crippen molar-refractivity contribution in [3.8, 4) is 17.7 Å². The van der Waals surface area contributed by atoms with Gasteiger partial charge in [0.25, 0.3) is 0 Å². The Bertz CT molecular complexity index is 1060. The first-order valence-corrected chi connectivity index (χ1v) is 10.0. The van der Waals surface area contributed by atoms with Crippen LogP contribution in [0.25, 0.3) is 0 Å². The molecule has 0 radical (unpaired) electrons. The number of rotatable bonds is 9. The third kappa shape index (κ3) is 4.06. The van der Waals surface area contributed by atoms with E-state index in [0.717, 1.165) is 6.08 Å². The van der Waals surface area contributed by atoms with Crippen LogP contribution in [0, 0.1) is 28.1 Å². The highest BCUT2D eigenvalue weighted by molar-refractivity contribution is 5.86. The fraction of sp³-hybridized carbons (Fsp3) is 0.333. The van der Waals surface area contributed by atoms with Gasteiger partial charge >= 0.3 is 11.9 Å². The fourth-order valence-electron chi connectivity index (χ4n) is 4.33. The Kier molecular flexibility index (Phi) is 6.58. The highest BCUT2D eigenvalue weighted by Crippen LogP contribution is 2.75. The zero-order valence-corrected chi connectivity index (χ0v) is 17.7. The van der Waals surface area contributed by atoms with Crippen LogP contribution in [0.5, 0.6) is 11.6 Å². The van der Waals surface area contributed by atoms with Gasteiger partial charge in [-0.1, -0.05) is 44.2 Å². The number of alkyl halides is 1. The molecule has 3 atom stereocenters. The van der Waals surface area contributed by atoms with E-state index in [1.165, 1.54) is 6.08 Å². The van der Waals surface area contributed by atoms with Crippen molar-refractivity contribution < 1.29 is 28.6 Å². The van der Waals surface area contributed by atoms with Crippen LogP contribution in [0.2, 0.25) is 0 Å². The van der Waals surface area contributed by atoms with Crippen LogP contribution in [0.15, 0.2) is 60.7 Å². The number of carbonyl (C=O) groups excluding carboxylic acids is 1. The molecule has 0 amide bonds. The Balaban J connectivity index is 1.92. The molecule has 1 aromatic carbocycles. The Morgan fingerprint density at radius 1 is 1.25 bits per heavy atom. The standard InChI is InChI=1S/C24H23FN2O5/c1-23(2)19(11-12-21(28)31-14-13-25)24(23,22(29)30)17(15-26)18-9-6-10-20(27-18)32-16-7-4-3-5-8-16/h3-12,17,19H,13-14H2,1-2H3,(H,29,30)/b12-11-/t17-,19+,24-/m1/s1. The normalized spacial score (nSPS) is 22.0. The molecule has 0 spiro atoms. The Morgan fingerprint density at radius 2 is 1.97 bits per heavy atom. The van der Waals surface area contributed by atoms with Crippen LogP contribution in [0.1, 0.15) is 25.5 Å². The number of carboxylic acid groups (broad SMARTS) is 1. The summed E-state index contributed by atoms with van der Waals surface area (Å²) in [6.07, 6.45) is 2.51. The number of aromatic nitrogens is 1. The molecule has 0 saturated heterocycles. The van der Waals surface area contributed by atoms with E-state index >= 15 is 0 Å². The van der Waals surface area contributed by atoms with Crippen molar-refractivity contribution in [2.75, 3.05) is 13.3 Å². The van der Waals surface area contributed by atoms with Crippen molar-refractivity contribution in [3.63, 3.8) is 0 Å². The lowest BCUT2D eigenvalue weighted by molar-refractivity contribution is -0.145. The first-order chi connectivity index (χ1) is 15.3. The molecular weight excluding hydrogens is 415 g/mol. The van der Waals surface area contributed by atoms with Crippen molar-refractivity contribution in [2.24, 2.45) is 16.7 Å². The maximum atomic E-state index is 12.5. The minimum Gasteiger partial charge on any atom is -0.481 e. The summed E-state index contributed by atoms with van der Waals surface area (Å²) in [7, 11) is 0. The van der Waals surface area contributed by atoms with E-state index in [1.807, 2.05) is 6.07 Å². The first-order valence-electron chi connectivity index (χ1n) is 10.0. The van der Waals surface area contributed by atoms with Crippen LogP contribution in [-0.2, 0) is 14.3 Å². The quantitative estimate of drug-likeness (QED) is 0.460. The largest absolute Gasteiger partial charge is 0.481 e. The lowest BCUT2D eigenvalue weighted by Gasteiger charge is -2.21. The molecule has 32 heavy (non-hydrogen) atoms. The summed E-state index contributed by atoms with van der Waals surface area (Å²) in [5.41, 5.74) is -2.11. The van der Waals surface area contributed by atoms with Crippen LogP contribution >= 0.6 is 0 Å². The molecule has 1 aliphatic carbocycles. The van der Waals surface area contributed by atoms with Gasteiger partial charge in [0.1, 0.15) is 30.4 Å². The van der Waals surface area contributed by atoms with Crippen molar-refractivity contribution in [3.05, 3.63) is 66.4 Å². The van der Waals surface area contributed by atoms with Gasteiger partial charge in [0.15, 0.2) is 0 Å². The molecule has 1 fully saturated rings. The molecule has 8 heteroatoms. The second kappa shape index (κ2) is 9.18. The molecule has 1 N–H and O–H groups in total. The van der Waals surface area contributed by atoms with Gasteiger partial charge < -0.3 is 14.6 Å². The van der Waals surface area contributed by atoms with E-state index < -0.39 is 41.3 Å². The molecule has 166 valence electrons. The lowest BCUT2D eigenvalue weighted by Crippen LogP contribution is -2.29. The summed E-state index contributed by atoms with van der Waals surface area (Å²) in [4.78, 5) is 28.6. The second-order valence-corrected chi connectivity index (χ2v) is 7.97. The fourth-order valence-corrected chi connectivity index (χ4v) is 4.33. The number of hydrogen-bond acceptors (Lipinski definition) is 6. The number of carboxylic acids is 1. The number of ether oxygens (including phenoxy) is 2. The molecular formula is C24H23FN2O5. The van der Waals surface area contributed by atoms with Gasteiger partial charge in [0.05, 0.1) is 11.8 Å². The zero-order valence-electron chi connectivity index (χ0n) is 17.7. The SMILES string of the molecule is CC1(C)[C@H](/C=C\C(=O)OCCF)[C@@]1(C(=O)O)[C@H](C#N)c1cccc(Oc2ccccc2)n1. The van der Waals surface area contributed by atoms with E-state index in [4.69, 9.17) is 4.74 Å². The van der Waals surface area contributed by atoms with Crippen molar-refractivity contribution >= 4 is 11.9 Å². The number of nitriles is 1. The van der Waals surface area contributed by atoms with E-state index in [-0.39, 0.29) is 18.2 Å². The van der Waals surface area contributed by atoms with Crippen molar-refractivity contribution in [2.45, 2.75) is 19.8 Å². The third-order valence-electron chi connectivity index (χ3n) is 5.94. The highest BCUT2D eigenvalue weighted by Gasteiger charge is 2.78. The van der Waals surface area contributed by atoms with Gasteiger partial charge in [0.2, 0.25) is 5.88 Å². The number of benzene rings is 1. The first kappa shape index (κ1) is 22.9. The second-order valence-electron chi connectivity index (χ2n) is 7.97. The summed E-state index contributed by atoms with van der Waals surface area (Å²) in [5.74, 6) is -2.90. The molecule has 2 aromatic rings. The number of halogens is 1. The number of allylic oxidation sites excluding steroid dienone is 1. The maximum absolute atomic E-state index is 12.5. The maximum Gasteiger partial charge on any atom is 0.330 e. The molecule has 0 bridgehead atoms. The average molecular weight is 438 g/mol. The van der Waals surface area contributed by atoms with Crippen molar-refractivity contribution in [1.29, 1.82) is 5.26 Å². The highest BCUT2D eigenvalue weighted by atomic mass is 19.1. The number of pyridine rings is 1. The van der Waals surface area contributed by atoms with Crippen LogP contribution in [-0.4, -0.2) is 35.3 Å². The number of nitrogens with zero attached hydrogens (tertiary/aromatic N) is 2. The van der Waals surface area contributed by atoms with Gasteiger partial charge in [-0.15, -0.1) is 0 Å². The number of hydrogen-bond donors (Lipinski definition) is 1. The molecule has 1 aromatic heterocycles. The zero-order chi connectivity index (χ0) is 23.4. The molecule has 1 aliphatic rings. The predicted molar refractivity (Wildman–Crippen MR) is 113 cm³/mol. The molecule has 3 rings (SSSR count). The molecule has 0 aliphatic heterocycles. The smallest absolute Gasteiger partial charge is 0.330 e. The van der Waals surface area contributed by atoms with Crippen molar-refractivity contribution in [1.82, 2.24) is 4.98 Å². The number of esters is 1. The topological polar surface area (TPSA) is 110 Å². The Labute approximate surface area is 185 Å². The molecule has 0 unspecified atom stereocenters. The lowest BCUT2D eigenvalue weighted by atomic mass is 9.80. The number of para-hydroxylation sites is 1. The van der Waals surface area contributed by atoms with Crippen LogP contribution < -0.4 is 4.74 Å². The molecule has 1 heterocycles. The van der Waals surface area contributed by atoms with Crippen LogP contribution in [0.3, 0.4) is 0 Å². The monoisotopic (exact) mass is 438 g/mol. The summed E-state index contributed by atoms with van der Waals surface area (Å²) in [6.45, 7) is 2.26. The van der Waals surface area contributed by atoms with Gasteiger partial charge in [-0.25, -0.2) is 14.2 Å². The predicted octanol–water partition coefficient (Wildman–Crippen LogP) is 4.28. The van der Waals surface area contributed by atoms with Crippen LogP contribution in [0.4, 0.5) is 4.39 Å². The summed E-state index contributed by atoms with van der Waals surface area (Å²) < 4.78 is 22.6. The van der Waals surface area contributed by atoms with E-state index in [0.29, 0.717) is 5.75 Å². The molecule has 1 saturated carbocycles. The summed E-state index contributed by atoms with van der Waals surface area (Å²) >= 11 is 0. The summed E-state index contributed by atoms with van der Waals surface area (Å²) in [5, 5.41) is 20.2. The molecule has 7 nitrogen and oxygen atoms in total. The minimum atomic E-state index is -1.52. The average Bonchev–Trinajstić information content (AvgIpc) is 3.27. The Morgan fingerprint density at radius 3 is 2.59 bits per heavy atom. The summed E-state index contributed by atoms with van der Waals surface area (Å²) in [6, 6.07) is 15.9. The van der Waals surface area contributed by atoms with E-state index in [1.54, 1.807) is 56.3 Å².